The molecule has 0 saturated carbocycles. The summed E-state index contributed by atoms with van der Waals surface area (Å²) in [7, 11) is 0. The van der Waals surface area contributed by atoms with Gasteiger partial charge in [0.05, 0.1) is 0 Å². The van der Waals surface area contributed by atoms with Crippen LogP contribution in [0.15, 0.2) is 83.8 Å². The van der Waals surface area contributed by atoms with Gasteiger partial charge in [-0.2, -0.15) is 5.26 Å². The zero-order chi connectivity index (χ0) is 18.2. The van der Waals surface area contributed by atoms with Gasteiger partial charge in [-0.1, -0.05) is 18.2 Å². The van der Waals surface area contributed by atoms with E-state index in [0.29, 0.717) is 5.11 Å². The maximum atomic E-state index is 8.66. The topological polar surface area (TPSA) is 57.1 Å². The molecule has 26 heavy (non-hydrogen) atoms. The number of hydrogen-bond acceptors (Lipinski definition) is 4. The van der Waals surface area contributed by atoms with Gasteiger partial charge < -0.3 is 15.4 Å². The highest BCUT2D eigenvalue weighted by atomic mass is 32.2. The number of anilines is 2. The normalized spacial score (nSPS) is 9.81. The zero-order valence-corrected chi connectivity index (χ0v) is 15.3. The van der Waals surface area contributed by atoms with E-state index in [9.17, 15) is 0 Å². The van der Waals surface area contributed by atoms with Crippen LogP contribution >= 0.6 is 24.0 Å². The predicted molar refractivity (Wildman–Crippen MR) is 111 cm³/mol. The van der Waals surface area contributed by atoms with E-state index in [-0.39, 0.29) is 0 Å². The molecule has 128 valence electrons. The van der Waals surface area contributed by atoms with Gasteiger partial charge in [0, 0.05) is 16.3 Å². The Morgan fingerprint density at radius 1 is 0.808 bits per heavy atom. The average Bonchev–Trinajstić information content (AvgIpc) is 2.66. The van der Waals surface area contributed by atoms with Crippen LogP contribution in [0.4, 0.5) is 11.4 Å². The minimum Gasteiger partial charge on any atom is -0.457 e. The molecule has 0 aromatic heterocycles. The largest absolute Gasteiger partial charge is 0.457 e. The molecule has 0 amide bonds. The third kappa shape index (κ3) is 5.24. The quantitative estimate of drug-likeness (QED) is 0.330. The van der Waals surface area contributed by atoms with Crippen LogP contribution in [0.3, 0.4) is 0 Å². The number of para-hydroxylation sites is 1. The Morgan fingerprint density at radius 3 is 1.92 bits per heavy atom. The van der Waals surface area contributed by atoms with Crippen molar-refractivity contribution in [3.63, 3.8) is 0 Å². The highest BCUT2D eigenvalue weighted by Crippen LogP contribution is 2.23. The molecule has 0 aliphatic rings. The Balaban J connectivity index is 1.55. The second kappa shape index (κ2) is 8.90. The molecule has 0 atom stereocenters. The lowest BCUT2D eigenvalue weighted by molar-refractivity contribution is 0.483. The highest BCUT2D eigenvalue weighted by molar-refractivity contribution is 8.03. The number of rotatable bonds is 5. The van der Waals surface area contributed by atoms with Gasteiger partial charge in [0.15, 0.2) is 5.11 Å². The van der Waals surface area contributed by atoms with E-state index in [1.165, 1.54) is 0 Å². The Kier molecular flexibility index (Phi) is 6.09. The summed E-state index contributed by atoms with van der Waals surface area (Å²) in [4.78, 5) is 0.894. The van der Waals surface area contributed by atoms with Crippen molar-refractivity contribution in [3.8, 4) is 16.9 Å². The molecule has 0 aliphatic heterocycles. The highest BCUT2D eigenvalue weighted by Gasteiger charge is 2.01. The van der Waals surface area contributed by atoms with Crippen LogP contribution in [0, 0.1) is 10.7 Å². The summed E-state index contributed by atoms with van der Waals surface area (Å²) in [5.74, 6) is 1.55. The fraction of sp³-hybridized carbons (Fsp3) is 0. The maximum absolute atomic E-state index is 8.66. The van der Waals surface area contributed by atoms with Crippen molar-refractivity contribution in [1.29, 1.82) is 5.26 Å². The van der Waals surface area contributed by atoms with Gasteiger partial charge in [-0.15, -0.1) is 0 Å². The van der Waals surface area contributed by atoms with Gasteiger partial charge in [-0.25, -0.2) is 0 Å². The van der Waals surface area contributed by atoms with Crippen molar-refractivity contribution in [2.24, 2.45) is 0 Å². The standard InChI is InChI=1S/C20H15N3OS2/c21-14-26-19-12-8-16(9-13-19)23-20(25)22-15-6-10-18(11-7-15)24-17-4-2-1-3-5-17/h1-13H,(H2,22,23,25). The van der Waals surface area contributed by atoms with Gasteiger partial charge in [0.25, 0.3) is 0 Å². The SMILES string of the molecule is N#CSc1ccc(NC(=S)Nc2ccc(Oc3ccccc3)cc2)cc1. The van der Waals surface area contributed by atoms with E-state index in [1.54, 1.807) is 0 Å². The molecule has 0 unspecified atom stereocenters. The average molecular weight is 377 g/mol. The van der Waals surface area contributed by atoms with E-state index < -0.39 is 0 Å². The predicted octanol–water partition coefficient (Wildman–Crippen LogP) is 5.86. The smallest absolute Gasteiger partial charge is 0.175 e. The fourth-order valence-electron chi connectivity index (χ4n) is 2.18. The number of nitrogens with one attached hydrogen (secondary N) is 2. The fourth-order valence-corrected chi connectivity index (χ4v) is 2.80. The van der Waals surface area contributed by atoms with E-state index in [4.69, 9.17) is 22.2 Å². The van der Waals surface area contributed by atoms with E-state index in [0.717, 1.165) is 39.5 Å². The monoisotopic (exact) mass is 377 g/mol. The Labute approximate surface area is 161 Å². The van der Waals surface area contributed by atoms with Crippen LogP contribution in [0.25, 0.3) is 0 Å². The van der Waals surface area contributed by atoms with Crippen LogP contribution < -0.4 is 15.4 Å². The number of ether oxygens (including phenoxy) is 1. The summed E-state index contributed by atoms with van der Waals surface area (Å²) in [5, 5.41) is 17.4. The lowest BCUT2D eigenvalue weighted by Gasteiger charge is -2.11. The molecule has 6 heteroatoms. The first-order valence-corrected chi connectivity index (χ1v) is 9.02. The molecule has 0 saturated heterocycles. The molecule has 0 aliphatic carbocycles. The Hall–Kier alpha value is -3.01. The maximum Gasteiger partial charge on any atom is 0.175 e. The van der Waals surface area contributed by atoms with Crippen LogP contribution in [0.1, 0.15) is 0 Å². The molecular formula is C20H15N3OS2. The summed E-state index contributed by atoms with van der Waals surface area (Å²) in [5.41, 5.74) is 1.72. The zero-order valence-electron chi connectivity index (χ0n) is 13.7. The van der Waals surface area contributed by atoms with Crippen molar-refractivity contribution in [2.75, 3.05) is 10.6 Å². The second-order valence-electron chi connectivity index (χ2n) is 5.24. The van der Waals surface area contributed by atoms with Crippen molar-refractivity contribution < 1.29 is 4.74 Å². The first-order chi connectivity index (χ1) is 12.7. The number of thiocyanates is 1. The lowest BCUT2D eigenvalue weighted by atomic mass is 10.3. The second-order valence-corrected chi connectivity index (χ2v) is 6.50. The molecule has 0 radical (unpaired) electrons. The van der Waals surface area contributed by atoms with Gasteiger partial charge in [0.2, 0.25) is 0 Å². The van der Waals surface area contributed by atoms with Crippen LogP contribution in [0.5, 0.6) is 11.5 Å². The van der Waals surface area contributed by atoms with Crippen LogP contribution in [-0.4, -0.2) is 5.11 Å². The van der Waals surface area contributed by atoms with Crippen molar-refractivity contribution >= 4 is 40.5 Å². The summed E-state index contributed by atoms with van der Waals surface area (Å²) < 4.78 is 5.76. The number of thioether (sulfide) groups is 1. The van der Waals surface area contributed by atoms with Crippen LogP contribution in [-0.2, 0) is 0 Å². The lowest BCUT2D eigenvalue weighted by Crippen LogP contribution is -2.18. The summed E-state index contributed by atoms with van der Waals surface area (Å²) in [6.07, 6.45) is 0. The van der Waals surface area contributed by atoms with E-state index >= 15 is 0 Å². The molecule has 0 spiro atoms. The third-order valence-electron chi connectivity index (χ3n) is 3.37. The van der Waals surface area contributed by atoms with Gasteiger partial charge in [-0.05, 0) is 84.6 Å². The van der Waals surface area contributed by atoms with Gasteiger partial charge >= 0.3 is 0 Å². The summed E-state index contributed by atoms with van der Waals surface area (Å²) in [6, 6.07) is 24.7. The minimum absolute atomic E-state index is 0.488. The molecule has 2 N–H and O–H groups in total. The molecule has 3 aromatic rings. The van der Waals surface area contributed by atoms with Crippen molar-refractivity contribution in [1.82, 2.24) is 0 Å². The number of benzene rings is 3. The molecule has 4 nitrogen and oxygen atoms in total. The summed E-state index contributed by atoms with van der Waals surface area (Å²) in [6.45, 7) is 0. The molecular weight excluding hydrogens is 362 g/mol. The number of thiocarbonyl (C=S) groups is 1. The van der Waals surface area contributed by atoms with E-state index in [1.807, 2.05) is 84.3 Å². The van der Waals surface area contributed by atoms with E-state index in [2.05, 4.69) is 10.6 Å². The Bertz CT molecular complexity index is 905. The number of nitrogens with zero attached hydrogens (tertiary/aromatic N) is 1. The first kappa shape index (κ1) is 17.8. The van der Waals surface area contributed by atoms with Gasteiger partial charge in [-0.3, -0.25) is 0 Å². The van der Waals surface area contributed by atoms with Crippen LogP contribution in [0.2, 0.25) is 0 Å². The first-order valence-electron chi connectivity index (χ1n) is 7.80. The third-order valence-corrected chi connectivity index (χ3v) is 4.17. The Morgan fingerprint density at radius 2 is 1.35 bits per heavy atom. The molecule has 3 rings (SSSR count). The molecule has 3 aromatic carbocycles. The molecule has 0 bridgehead atoms. The van der Waals surface area contributed by atoms with Crippen molar-refractivity contribution in [2.45, 2.75) is 4.90 Å². The number of nitriles is 1. The number of hydrogen-bond donors (Lipinski definition) is 2. The summed E-state index contributed by atoms with van der Waals surface area (Å²) >= 11 is 6.45. The molecule has 0 fully saturated rings. The van der Waals surface area contributed by atoms with Gasteiger partial charge in [0.1, 0.15) is 16.9 Å². The molecule has 0 heterocycles. The van der Waals surface area contributed by atoms with Crippen molar-refractivity contribution in [3.05, 3.63) is 78.9 Å². The minimum atomic E-state index is 0.488.